The third-order valence-electron chi connectivity index (χ3n) is 1.45. The van der Waals surface area contributed by atoms with E-state index in [-0.39, 0.29) is 17.9 Å². The van der Waals surface area contributed by atoms with E-state index in [9.17, 15) is 8.78 Å². The van der Waals surface area contributed by atoms with Crippen LogP contribution in [0.25, 0.3) is 0 Å². The Labute approximate surface area is 72.6 Å². The van der Waals surface area contributed by atoms with Gasteiger partial charge in [0, 0.05) is 6.04 Å². The highest BCUT2D eigenvalue weighted by atomic mass is 19.3. The molecule has 0 radical (unpaired) electrons. The molecule has 0 aliphatic carbocycles. The lowest BCUT2D eigenvalue weighted by Crippen LogP contribution is -2.25. The van der Waals surface area contributed by atoms with E-state index in [1.807, 2.05) is 20.8 Å². The van der Waals surface area contributed by atoms with Gasteiger partial charge in [-0.3, -0.25) is 0 Å². The first-order chi connectivity index (χ1) is 5.31. The van der Waals surface area contributed by atoms with Gasteiger partial charge in [0.15, 0.2) is 0 Å². The molecule has 1 atom stereocenters. The van der Waals surface area contributed by atoms with Crippen molar-refractivity contribution in [2.75, 3.05) is 0 Å². The highest BCUT2D eigenvalue weighted by Crippen LogP contribution is 2.21. The van der Waals surface area contributed by atoms with Gasteiger partial charge in [-0.05, 0) is 24.3 Å². The zero-order valence-electron chi connectivity index (χ0n) is 7.90. The van der Waals surface area contributed by atoms with Crippen molar-refractivity contribution < 1.29 is 8.78 Å². The first kappa shape index (κ1) is 11.6. The smallest absolute Gasteiger partial charge is 0.266 e. The summed E-state index contributed by atoms with van der Waals surface area (Å²) in [5, 5.41) is 0. The summed E-state index contributed by atoms with van der Waals surface area (Å²) in [5.41, 5.74) is 5.74. The molecule has 0 bridgehead atoms. The average Bonchev–Trinajstić information content (AvgIpc) is 1.79. The van der Waals surface area contributed by atoms with Crippen LogP contribution in [0.2, 0.25) is 0 Å². The Hall–Kier alpha value is -0.440. The van der Waals surface area contributed by atoms with Crippen molar-refractivity contribution in [3.8, 4) is 0 Å². The molecule has 1 nitrogen and oxygen atoms in total. The maximum Gasteiger partial charge on any atom is 0.266 e. The molecule has 0 saturated carbocycles. The summed E-state index contributed by atoms with van der Waals surface area (Å²) in [7, 11) is 0. The fraction of sp³-hybridized carbons (Fsp3) is 0.778. The largest absolute Gasteiger partial charge is 0.327 e. The Balaban J connectivity index is 3.75. The molecule has 2 N–H and O–H groups in total. The molecule has 0 aromatic heterocycles. The van der Waals surface area contributed by atoms with Crippen LogP contribution in [0.3, 0.4) is 0 Å². The molecule has 0 saturated heterocycles. The predicted octanol–water partition coefficient (Wildman–Crippen LogP) is 2.92. The van der Waals surface area contributed by atoms with Crippen LogP contribution in [-0.2, 0) is 0 Å². The van der Waals surface area contributed by atoms with E-state index in [4.69, 9.17) is 5.73 Å². The second-order valence-corrected chi connectivity index (χ2v) is 4.25. The van der Waals surface area contributed by atoms with E-state index >= 15 is 0 Å². The first-order valence-electron chi connectivity index (χ1n) is 4.08. The SMILES string of the molecule is CC(C)(C)C[C@@H](N)CC=C(F)F. The molecule has 0 aliphatic rings. The van der Waals surface area contributed by atoms with E-state index in [0.29, 0.717) is 0 Å². The zero-order chi connectivity index (χ0) is 9.78. The Morgan fingerprint density at radius 1 is 1.42 bits per heavy atom. The van der Waals surface area contributed by atoms with Gasteiger partial charge in [0.05, 0.1) is 0 Å². The number of nitrogens with two attached hydrogens (primary N) is 1. The Bertz CT molecular complexity index is 154. The maximum absolute atomic E-state index is 11.6. The molecule has 0 amide bonds. The van der Waals surface area contributed by atoms with Gasteiger partial charge in [-0.1, -0.05) is 20.8 Å². The predicted molar refractivity (Wildman–Crippen MR) is 47.0 cm³/mol. The molecule has 72 valence electrons. The van der Waals surface area contributed by atoms with E-state index in [2.05, 4.69) is 0 Å². The van der Waals surface area contributed by atoms with Gasteiger partial charge in [-0.2, -0.15) is 8.78 Å². The molecule has 0 heterocycles. The van der Waals surface area contributed by atoms with Crippen LogP contribution in [0, 0.1) is 5.41 Å². The standard InChI is InChI=1S/C9H17F2N/c1-9(2,3)6-7(12)4-5-8(10)11/h5,7H,4,6,12H2,1-3H3/t7-/m0/s1. The summed E-state index contributed by atoms with van der Waals surface area (Å²) in [6.07, 6.45) is 0.270. The highest BCUT2D eigenvalue weighted by molar-refractivity contribution is 4.86. The fourth-order valence-electron chi connectivity index (χ4n) is 1.11. The summed E-state index contributed by atoms with van der Waals surface area (Å²) in [6, 6.07) is -0.161. The van der Waals surface area contributed by atoms with Crippen molar-refractivity contribution in [3.05, 3.63) is 12.2 Å². The number of hydrogen-bond donors (Lipinski definition) is 1. The third-order valence-corrected chi connectivity index (χ3v) is 1.45. The second kappa shape index (κ2) is 4.55. The van der Waals surface area contributed by atoms with Crippen molar-refractivity contribution in [2.24, 2.45) is 11.1 Å². The van der Waals surface area contributed by atoms with Crippen molar-refractivity contribution >= 4 is 0 Å². The summed E-state index contributed by atoms with van der Waals surface area (Å²) < 4.78 is 23.3. The average molecular weight is 177 g/mol. The van der Waals surface area contributed by atoms with Crippen LogP contribution in [0.5, 0.6) is 0 Å². The summed E-state index contributed by atoms with van der Waals surface area (Å²) in [5.74, 6) is 0. The fourth-order valence-corrected chi connectivity index (χ4v) is 1.11. The summed E-state index contributed by atoms with van der Waals surface area (Å²) in [6.45, 7) is 6.13. The van der Waals surface area contributed by atoms with E-state index in [0.717, 1.165) is 12.5 Å². The van der Waals surface area contributed by atoms with Crippen molar-refractivity contribution in [1.82, 2.24) is 0 Å². The quantitative estimate of drug-likeness (QED) is 0.704. The van der Waals surface area contributed by atoms with Gasteiger partial charge < -0.3 is 5.73 Å². The van der Waals surface area contributed by atoms with Gasteiger partial charge >= 0.3 is 0 Å². The van der Waals surface area contributed by atoms with Crippen LogP contribution < -0.4 is 5.73 Å². The zero-order valence-corrected chi connectivity index (χ0v) is 7.90. The minimum atomic E-state index is -1.64. The lowest BCUT2D eigenvalue weighted by molar-refractivity contribution is 0.336. The summed E-state index contributed by atoms with van der Waals surface area (Å²) >= 11 is 0. The van der Waals surface area contributed by atoms with Crippen LogP contribution in [0.1, 0.15) is 33.6 Å². The molecule has 0 unspecified atom stereocenters. The van der Waals surface area contributed by atoms with Gasteiger partial charge in [0.1, 0.15) is 0 Å². The molecule has 12 heavy (non-hydrogen) atoms. The lowest BCUT2D eigenvalue weighted by atomic mass is 9.87. The third kappa shape index (κ3) is 7.66. The molecular weight excluding hydrogens is 160 g/mol. The van der Waals surface area contributed by atoms with E-state index in [1.165, 1.54) is 0 Å². The van der Waals surface area contributed by atoms with Gasteiger partial charge in [-0.15, -0.1) is 0 Å². The topological polar surface area (TPSA) is 26.0 Å². The monoisotopic (exact) mass is 177 g/mol. The van der Waals surface area contributed by atoms with Gasteiger partial charge in [0.2, 0.25) is 0 Å². The minimum Gasteiger partial charge on any atom is -0.327 e. The number of hydrogen-bond acceptors (Lipinski definition) is 1. The van der Waals surface area contributed by atoms with Crippen LogP contribution in [0.4, 0.5) is 8.78 Å². The molecule has 0 aromatic carbocycles. The molecule has 0 spiro atoms. The van der Waals surface area contributed by atoms with E-state index in [1.54, 1.807) is 0 Å². The Morgan fingerprint density at radius 3 is 2.25 bits per heavy atom. The van der Waals surface area contributed by atoms with Gasteiger partial charge in [0.25, 0.3) is 6.08 Å². The molecule has 0 aliphatic heterocycles. The van der Waals surface area contributed by atoms with Crippen molar-refractivity contribution in [2.45, 2.75) is 39.7 Å². The Morgan fingerprint density at radius 2 is 1.92 bits per heavy atom. The molecule has 0 fully saturated rings. The van der Waals surface area contributed by atoms with Crippen molar-refractivity contribution in [1.29, 1.82) is 0 Å². The van der Waals surface area contributed by atoms with Crippen LogP contribution >= 0.6 is 0 Å². The van der Waals surface area contributed by atoms with Crippen molar-refractivity contribution in [3.63, 3.8) is 0 Å². The number of rotatable bonds is 3. The second-order valence-electron chi connectivity index (χ2n) is 4.25. The Kier molecular flexibility index (Phi) is 4.39. The first-order valence-corrected chi connectivity index (χ1v) is 4.08. The highest BCUT2D eigenvalue weighted by Gasteiger charge is 2.14. The van der Waals surface area contributed by atoms with E-state index < -0.39 is 6.08 Å². The van der Waals surface area contributed by atoms with Gasteiger partial charge in [-0.25, -0.2) is 0 Å². The summed E-state index contributed by atoms with van der Waals surface area (Å²) in [4.78, 5) is 0. The molecule has 0 aromatic rings. The number of halogens is 2. The van der Waals surface area contributed by atoms with Crippen LogP contribution in [0.15, 0.2) is 12.2 Å². The van der Waals surface area contributed by atoms with Crippen LogP contribution in [-0.4, -0.2) is 6.04 Å². The normalized spacial score (nSPS) is 14.2. The molecule has 0 rings (SSSR count). The maximum atomic E-state index is 11.6. The molecule has 3 heteroatoms. The minimum absolute atomic E-state index is 0.111. The molecular formula is C9H17F2N. The lowest BCUT2D eigenvalue weighted by Gasteiger charge is -2.21.